The van der Waals surface area contributed by atoms with Gasteiger partial charge in [-0.3, -0.25) is 4.68 Å². The molecule has 2 aromatic rings. The van der Waals surface area contributed by atoms with E-state index in [-0.39, 0.29) is 12.2 Å². The molecule has 2 aliphatic heterocycles. The van der Waals surface area contributed by atoms with Crippen molar-refractivity contribution in [3.8, 4) is 17.6 Å². The molecule has 0 radical (unpaired) electrons. The zero-order valence-corrected chi connectivity index (χ0v) is 15.0. The fourth-order valence-electron chi connectivity index (χ4n) is 3.80. The predicted molar refractivity (Wildman–Crippen MR) is 95.4 cm³/mol. The molecule has 7 nitrogen and oxygen atoms in total. The highest BCUT2D eigenvalue weighted by Crippen LogP contribution is 2.41. The highest BCUT2D eigenvalue weighted by atomic mass is 16.7. The maximum atomic E-state index is 9.44. The number of fused-ring (bicyclic) bond motifs is 1. The molecule has 4 rings (SSSR count). The topological polar surface area (TPSA) is 81.3 Å². The standard InChI is InChI=1S/C19H22N4O3/c1-13-15(10-20)18(23(2)22-13)21-11-19(5-7-24-8-6-19)14-3-4-16-17(9-14)26-12-25-16/h3-4,9,21H,5-8,11-12H2,1-2H3. The van der Waals surface area contributed by atoms with Crippen LogP contribution in [0.15, 0.2) is 18.2 Å². The van der Waals surface area contributed by atoms with Gasteiger partial charge in [-0.15, -0.1) is 0 Å². The number of hydrogen-bond acceptors (Lipinski definition) is 6. The summed E-state index contributed by atoms with van der Waals surface area (Å²) in [4.78, 5) is 0. The molecule has 26 heavy (non-hydrogen) atoms. The van der Waals surface area contributed by atoms with Gasteiger partial charge in [-0.25, -0.2) is 0 Å². The number of benzene rings is 1. The van der Waals surface area contributed by atoms with Crippen LogP contribution in [0.3, 0.4) is 0 Å². The Hall–Kier alpha value is -2.72. The van der Waals surface area contributed by atoms with Gasteiger partial charge in [-0.2, -0.15) is 10.4 Å². The van der Waals surface area contributed by atoms with E-state index in [0.29, 0.717) is 25.3 Å². The molecule has 0 bridgehead atoms. The largest absolute Gasteiger partial charge is 0.454 e. The first-order valence-corrected chi connectivity index (χ1v) is 8.78. The second kappa shape index (κ2) is 6.54. The van der Waals surface area contributed by atoms with E-state index in [9.17, 15) is 5.26 Å². The lowest BCUT2D eigenvalue weighted by molar-refractivity contribution is 0.0543. The molecule has 0 amide bonds. The average Bonchev–Trinajstić information content (AvgIpc) is 3.23. The quantitative estimate of drug-likeness (QED) is 0.908. The Balaban J connectivity index is 1.65. The molecule has 1 aromatic heterocycles. The van der Waals surface area contributed by atoms with Gasteiger partial charge in [0.2, 0.25) is 6.79 Å². The number of anilines is 1. The number of nitrogens with zero attached hydrogens (tertiary/aromatic N) is 3. The molecule has 0 unspecified atom stereocenters. The summed E-state index contributed by atoms with van der Waals surface area (Å²) in [5, 5.41) is 17.3. The van der Waals surface area contributed by atoms with Crippen LogP contribution in [0, 0.1) is 18.3 Å². The third-order valence-electron chi connectivity index (χ3n) is 5.36. The van der Waals surface area contributed by atoms with E-state index in [1.165, 1.54) is 5.56 Å². The Bertz CT molecular complexity index is 862. The summed E-state index contributed by atoms with van der Waals surface area (Å²) in [7, 11) is 1.85. The zero-order chi connectivity index (χ0) is 18.1. The number of nitrogens with one attached hydrogen (secondary N) is 1. The summed E-state index contributed by atoms with van der Waals surface area (Å²) in [5.41, 5.74) is 2.45. The van der Waals surface area contributed by atoms with E-state index in [1.54, 1.807) is 4.68 Å². The number of aryl methyl sites for hydroxylation is 2. The third-order valence-corrected chi connectivity index (χ3v) is 5.36. The third kappa shape index (κ3) is 2.76. The highest BCUT2D eigenvalue weighted by Gasteiger charge is 2.36. The van der Waals surface area contributed by atoms with Gasteiger partial charge in [0, 0.05) is 32.2 Å². The van der Waals surface area contributed by atoms with Crippen LogP contribution in [0.25, 0.3) is 0 Å². The van der Waals surface area contributed by atoms with Gasteiger partial charge in [-0.1, -0.05) is 6.07 Å². The van der Waals surface area contributed by atoms with Crippen LogP contribution in [0.4, 0.5) is 5.82 Å². The van der Waals surface area contributed by atoms with Crippen molar-refractivity contribution in [1.29, 1.82) is 5.26 Å². The van der Waals surface area contributed by atoms with Gasteiger partial charge in [0.05, 0.1) is 5.69 Å². The summed E-state index contributed by atoms with van der Waals surface area (Å²) in [6.07, 6.45) is 1.80. The van der Waals surface area contributed by atoms with Crippen LogP contribution < -0.4 is 14.8 Å². The van der Waals surface area contributed by atoms with Crippen molar-refractivity contribution in [2.75, 3.05) is 31.9 Å². The van der Waals surface area contributed by atoms with Gasteiger partial charge >= 0.3 is 0 Å². The molecule has 1 saturated heterocycles. The molecule has 136 valence electrons. The van der Waals surface area contributed by atoms with Crippen molar-refractivity contribution in [2.45, 2.75) is 25.2 Å². The van der Waals surface area contributed by atoms with Crippen molar-refractivity contribution in [3.05, 3.63) is 35.0 Å². The van der Waals surface area contributed by atoms with Crippen molar-refractivity contribution in [2.24, 2.45) is 7.05 Å². The summed E-state index contributed by atoms with van der Waals surface area (Å²) >= 11 is 0. The molecular formula is C19H22N4O3. The van der Waals surface area contributed by atoms with Gasteiger partial charge in [0.1, 0.15) is 17.5 Å². The van der Waals surface area contributed by atoms with Crippen LogP contribution in [-0.4, -0.2) is 36.3 Å². The van der Waals surface area contributed by atoms with Crippen molar-refractivity contribution in [3.63, 3.8) is 0 Å². The lowest BCUT2D eigenvalue weighted by atomic mass is 9.74. The second-order valence-electron chi connectivity index (χ2n) is 6.86. The Morgan fingerprint density at radius 1 is 1.27 bits per heavy atom. The Morgan fingerprint density at radius 3 is 2.81 bits per heavy atom. The number of aromatic nitrogens is 2. The molecule has 1 fully saturated rings. The van der Waals surface area contributed by atoms with Gasteiger partial charge < -0.3 is 19.5 Å². The highest BCUT2D eigenvalue weighted by molar-refractivity contribution is 5.56. The van der Waals surface area contributed by atoms with E-state index >= 15 is 0 Å². The Morgan fingerprint density at radius 2 is 2.04 bits per heavy atom. The summed E-state index contributed by atoms with van der Waals surface area (Å²) in [5.74, 6) is 2.34. The van der Waals surface area contributed by atoms with Crippen LogP contribution in [0.2, 0.25) is 0 Å². The van der Waals surface area contributed by atoms with Crippen molar-refractivity contribution >= 4 is 5.82 Å². The Kier molecular flexibility index (Phi) is 4.21. The van der Waals surface area contributed by atoms with E-state index < -0.39 is 0 Å². The molecule has 0 aliphatic carbocycles. The summed E-state index contributed by atoms with van der Waals surface area (Å²) < 4.78 is 18.4. The smallest absolute Gasteiger partial charge is 0.231 e. The van der Waals surface area contributed by atoms with E-state index in [4.69, 9.17) is 14.2 Å². The average molecular weight is 354 g/mol. The molecule has 3 heterocycles. The van der Waals surface area contributed by atoms with E-state index in [2.05, 4.69) is 28.6 Å². The first kappa shape index (κ1) is 16.7. The minimum atomic E-state index is -0.0931. The zero-order valence-electron chi connectivity index (χ0n) is 15.0. The predicted octanol–water partition coefficient (Wildman–Crippen LogP) is 2.49. The van der Waals surface area contributed by atoms with Crippen LogP contribution >= 0.6 is 0 Å². The maximum Gasteiger partial charge on any atom is 0.231 e. The molecule has 0 atom stereocenters. The Labute approximate surface area is 152 Å². The minimum absolute atomic E-state index is 0.0931. The van der Waals surface area contributed by atoms with Crippen molar-refractivity contribution < 1.29 is 14.2 Å². The summed E-state index contributed by atoms with van der Waals surface area (Å²) in [6, 6.07) is 8.42. The van der Waals surface area contributed by atoms with Gasteiger partial charge in [0.15, 0.2) is 11.5 Å². The molecule has 2 aliphatic rings. The first-order valence-electron chi connectivity index (χ1n) is 8.78. The summed E-state index contributed by atoms with van der Waals surface area (Å²) in [6.45, 7) is 4.25. The number of rotatable bonds is 4. The molecule has 7 heteroatoms. The lowest BCUT2D eigenvalue weighted by Crippen LogP contribution is -2.40. The van der Waals surface area contributed by atoms with Crippen LogP contribution in [-0.2, 0) is 17.2 Å². The first-order chi connectivity index (χ1) is 12.6. The maximum absolute atomic E-state index is 9.44. The molecule has 1 aromatic carbocycles. The lowest BCUT2D eigenvalue weighted by Gasteiger charge is -2.38. The second-order valence-corrected chi connectivity index (χ2v) is 6.86. The number of nitriles is 1. The monoisotopic (exact) mass is 354 g/mol. The van der Waals surface area contributed by atoms with Crippen LogP contribution in [0.5, 0.6) is 11.5 Å². The van der Waals surface area contributed by atoms with Gasteiger partial charge in [-0.05, 0) is 37.5 Å². The van der Waals surface area contributed by atoms with Crippen LogP contribution in [0.1, 0.15) is 29.7 Å². The molecule has 0 spiro atoms. The van der Waals surface area contributed by atoms with Gasteiger partial charge in [0.25, 0.3) is 0 Å². The number of ether oxygens (including phenoxy) is 3. The van der Waals surface area contributed by atoms with E-state index in [0.717, 1.165) is 35.9 Å². The van der Waals surface area contributed by atoms with Crippen molar-refractivity contribution in [1.82, 2.24) is 9.78 Å². The SMILES string of the molecule is Cc1nn(C)c(NCC2(c3ccc4c(c3)OCO4)CCOCC2)c1C#N. The fourth-order valence-corrected chi connectivity index (χ4v) is 3.80. The minimum Gasteiger partial charge on any atom is -0.454 e. The number of hydrogen-bond donors (Lipinski definition) is 1. The normalized spacial score (nSPS) is 17.7. The van der Waals surface area contributed by atoms with E-state index in [1.807, 2.05) is 20.0 Å². The molecular weight excluding hydrogens is 332 g/mol. The molecule has 1 N–H and O–H groups in total. The molecule has 0 saturated carbocycles. The fraction of sp³-hybridized carbons (Fsp3) is 0.474.